The van der Waals surface area contributed by atoms with Gasteiger partial charge in [0.1, 0.15) is 5.78 Å². The van der Waals surface area contributed by atoms with Gasteiger partial charge in [-0.25, -0.2) is 0 Å². The number of Topliss-reactive ketones (excluding diaryl/α,β-unsaturated/α-hetero) is 1. The third-order valence-electron chi connectivity index (χ3n) is 1.68. The van der Waals surface area contributed by atoms with Gasteiger partial charge in [-0.05, 0) is 13.3 Å². The lowest BCUT2D eigenvalue weighted by Crippen LogP contribution is -2.28. The molecule has 1 atom stereocenters. The minimum atomic E-state index is -0.916. The molecule has 0 spiro atoms. The minimum Gasteiger partial charge on any atom is -0.385 e. The van der Waals surface area contributed by atoms with E-state index in [4.69, 9.17) is 0 Å². The molecule has 2 heteroatoms. The highest BCUT2D eigenvalue weighted by Crippen LogP contribution is 2.21. The van der Waals surface area contributed by atoms with Crippen molar-refractivity contribution in [2.45, 2.75) is 25.4 Å². The average Bonchev–Trinajstić information content (AvgIpc) is 1.85. The second-order valence-electron chi connectivity index (χ2n) is 2.97. The van der Waals surface area contributed by atoms with Crippen molar-refractivity contribution in [3.05, 3.63) is 24.3 Å². The molecule has 0 unspecified atom stereocenters. The van der Waals surface area contributed by atoms with Crippen molar-refractivity contribution in [2.75, 3.05) is 0 Å². The fourth-order valence-electron chi connectivity index (χ4n) is 1.22. The molecule has 0 aromatic heterocycles. The van der Waals surface area contributed by atoms with E-state index < -0.39 is 5.60 Å². The molecule has 1 aliphatic carbocycles. The molecular weight excluding hydrogens is 140 g/mol. The number of aliphatic hydroxyl groups is 1. The molecule has 0 fully saturated rings. The maximum absolute atomic E-state index is 10.7. The molecule has 1 aliphatic rings. The molecule has 0 saturated carbocycles. The second kappa shape index (κ2) is 3.01. The summed E-state index contributed by atoms with van der Waals surface area (Å²) in [5.74, 6) is 0.0208. The van der Waals surface area contributed by atoms with Crippen LogP contribution in [0.5, 0.6) is 0 Å². The summed E-state index contributed by atoms with van der Waals surface area (Å²) in [7, 11) is 0. The predicted molar refractivity (Wildman–Crippen MR) is 43.1 cm³/mol. The highest BCUT2D eigenvalue weighted by molar-refractivity contribution is 5.77. The van der Waals surface area contributed by atoms with Gasteiger partial charge in [-0.2, -0.15) is 0 Å². The summed E-state index contributed by atoms with van der Waals surface area (Å²) in [6, 6.07) is 0. The van der Waals surface area contributed by atoms with E-state index in [0.717, 1.165) is 0 Å². The van der Waals surface area contributed by atoms with Crippen LogP contribution in [-0.4, -0.2) is 16.5 Å². The first kappa shape index (κ1) is 8.21. The zero-order valence-corrected chi connectivity index (χ0v) is 6.58. The topological polar surface area (TPSA) is 37.3 Å². The van der Waals surface area contributed by atoms with Gasteiger partial charge >= 0.3 is 0 Å². The third kappa shape index (κ3) is 2.31. The van der Waals surface area contributed by atoms with Crippen molar-refractivity contribution in [2.24, 2.45) is 0 Å². The van der Waals surface area contributed by atoms with E-state index >= 15 is 0 Å². The molecule has 0 saturated heterocycles. The van der Waals surface area contributed by atoms with E-state index in [-0.39, 0.29) is 12.2 Å². The van der Waals surface area contributed by atoms with E-state index in [0.29, 0.717) is 6.42 Å². The van der Waals surface area contributed by atoms with Gasteiger partial charge in [0.15, 0.2) is 0 Å². The Bertz CT molecular complexity index is 216. The van der Waals surface area contributed by atoms with Gasteiger partial charge in [0.05, 0.1) is 5.60 Å². The number of carbonyl (C=O) groups excluding carboxylic acids is 1. The third-order valence-corrected chi connectivity index (χ3v) is 1.68. The lowest BCUT2D eigenvalue weighted by Gasteiger charge is -2.23. The van der Waals surface area contributed by atoms with Gasteiger partial charge in [0.2, 0.25) is 0 Å². The zero-order chi connectivity index (χ0) is 8.32. The largest absolute Gasteiger partial charge is 0.385 e. The molecule has 0 amide bonds. The van der Waals surface area contributed by atoms with E-state index in [9.17, 15) is 9.90 Å². The SMILES string of the molecule is CC(=O)C[C@@]1(O)C=CC=CC1. The zero-order valence-electron chi connectivity index (χ0n) is 6.58. The Morgan fingerprint density at radius 1 is 1.64 bits per heavy atom. The quantitative estimate of drug-likeness (QED) is 0.645. The van der Waals surface area contributed by atoms with E-state index in [1.54, 1.807) is 12.2 Å². The van der Waals surface area contributed by atoms with Crippen molar-refractivity contribution in [3.63, 3.8) is 0 Å². The highest BCUT2D eigenvalue weighted by Gasteiger charge is 2.24. The number of carbonyl (C=O) groups is 1. The summed E-state index contributed by atoms with van der Waals surface area (Å²) in [5.41, 5.74) is -0.916. The lowest BCUT2D eigenvalue weighted by molar-refractivity contribution is -0.120. The van der Waals surface area contributed by atoms with Crippen molar-refractivity contribution in [1.29, 1.82) is 0 Å². The Hall–Kier alpha value is -0.890. The minimum absolute atomic E-state index is 0.0208. The van der Waals surface area contributed by atoms with Crippen LogP contribution in [0.15, 0.2) is 24.3 Å². The number of hydrogen-bond acceptors (Lipinski definition) is 2. The van der Waals surface area contributed by atoms with Gasteiger partial charge in [-0.3, -0.25) is 4.79 Å². The normalized spacial score (nSPS) is 28.9. The van der Waals surface area contributed by atoms with Crippen molar-refractivity contribution >= 4 is 5.78 Å². The van der Waals surface area contributed by atoms with Crippen molar-refractivity contribution in [3.8, 4) is 0 Å². The van der Waals surface area contributed by atoms with Crippen LogP contribution in [-0.2, 0) is 4.79 Å². The highest BCUT2D eigenvalue weighted by atomic mass is 16.3. The Balaban J connectivity index is 2.61. The van der Waals surface area contributed by atoms with Gasteiger partial charge in [-0.1, -0.05) is 24.3 Å². The molecular formula is C9H12O2. The van der Waals surface area contributed by atoms with Crippen LogP contribution in [0.1, 0.15) is 19.8 Å². The smallest absolute Gasteiger partial charge is 0.133 e. The van der Waals surface area contributed by atoms with Crippen LogP contribution in [0.25, 0.3) is 0 Å². The summed E-state index contributed by atoms with van der Waals surface area (Å²) in [6.45, 7) is 1.49. The van der Waals surface area contributed by atoms with Gasteiger partial charge in [0.25, 0.3) is 0 Å². The summed E-state index contributed by atoms with van der Waals surface area (Å²) < 4.78 is 0. The first-order valence-corrected chi connectivity index (χ1v) is 3.69. The van der Waals surface area contributed by atoms with Crippen LogP contribution in [0, 0.1) is 0 Å². The number of rotatable bonds is 2. The molecule has 0 aliphatic heterocycles. The lowest BCUT2D eigenvalue weighted by atomic mass is 9.90. The fourth-order valence-corrected chi connectivity index (χ4v) is 1.22. The Labute approximate surface area is 66.2 Å². The standard InChI is InChI=1S/C9H12O2/c1-8(10)7-9(11)5-3-2-4-6-9/h2-5,11H,6-7H2,1H3/t9-/m1/s1. The summed E-state index contributed by atoms with van der Waals surface area (Å²) >= 11 is 0. The second-order valence-corrected chi connectivity index (χ2v) is 2.97. The molecule has 0 aromatic carbocycles. The number of ketones is 1. The summed E-state index contributed by atoms with van der Waals surface area (Å²) in [4.78, 5) is 10.7. The van der Waals surface area contributed by atoms with E-state index in [1.807, 2.05) is 12.2 Å². The first-order valence-electron chi connectivity index (χ1n) is 3.69. The Morgan fingerprint density at radius 2 is 2.36 bits per heavy atom. The first-order chi connectivity index (χ1) is 5.12. The fraction of sp³-hybridized carbons (Fsp3) is 0.444. The van der Waals surface area contributed by atoms with Gasteiger partial charge < -0.3 is 5.11 Å². The summed E-state index contributed by atoms with van der Waals surface area (Å²) in [5, 5.41) is 9.68. The van der Waals surface area contributed by atoms with Crippen molar-refractivity contribution < 1.29 is 9.90 Å². The van der Waals surface area contributed by atoms with Crippen LogP contribution < -0.4 is 0 Å². The van der Waals surface area contributed by atoms with Gasteiger partial charge in [0, 0.05) is 6.42 Å². The maximum atomic E-state index is 10.7. The van der Waals surface area contributed by atoms with E-state index in [1.165, 1.54) is 6.92 Å². The number of allylic oxidation sites excluding steroid dienone is 2. The van der Waals surface area contributed by atoms with Crippen LogP contribution in [0.4, 0.5) is 0 Å². The average molecular weight is 152 g/mol. The molecule has 0 bridgehead atoms. The van der Waals surface area contributed by atoms with Crippen LogP contribution in [0.3, 0.4) is 0 Å². The monoisotopic (exact) mass is 152 g/mol. The maximum Gasteiger partial charge on any atom is 0.133 e. The molecule has 11 heavy (non-hydrogen) atoms. The van der Waals surface area contributed by atoms with E-state index in [2.05, 4.69) is 0 Å². The predicted octanol–water partition coefficient (Wildman–Crippen LogP) is 1.21. The molecule has 1 N–H and O–H groups in total. The number of hydrogen-bond donors (Lipinski definition) is 1. The molecule has 0 aromatic rings. The molecule has 0 radical (unpaired) electrons. The molecule has 60 valence electrons. The Morgan fingerprint density at radius 3 is 2.82 bits per heavy atom. The summed E-state index contributed by atoms with van der Waals surface area (Å²) in [6.07, 6.45) is 7.94. The van der Waals surface area contributed by atoms with Gasteiger partial charge in [-0.15, -0.1) is 0 Å². The van der Waals surface area contributed by atoms with Crippen molar-refractivity contribution in [1.82, 2.24) is 0 Å². The molecule has 1 rings (SSSR count). The molecule has 2 nitrogen and oxygen atoms in total. The Kier molecular flexibility index (Phi) is 2.25. The van der Waals surface area contributed by atoms with Crippen LogP contribution in [0.2, 0.25) is 0 Å². The molecule has 0 heterocycles. The van der Waals surface area contributed by atoms with Crippen LogP contribution >= 0.6 is 0 Å².